The van der Waals surface area contributed by atoms with Gasteiger partial charge in [-0.15, -0.1) is 0 Å². The highest BCUT2D eigenvalue weighted by Crippen LogP contribution is 2.37. The van der Waals surface area contributed by atoms with Crippen molar-refractivity contribution in [3.8, 4) is 11.5 Å². The molecule has 4 rings (SSSR count). The molecule has 162 valence electrons. The normalized spacial score (nSPS) is 15.1. The van der Waals surface area contributed by atoms with E-state index in [2.05, 4.69) is 5.32 Å². The van der Waals surface area contributed by atoms with Gasteiger partial charge in [0.05, 0.1) is 14.2 Å². The Hall–Kier alpha value is -4.06. The number of nitrogens with one attached hydrogen (secondary N) is 1. The fourth-order valence-corrected chi connectivity index (χ4v) is 3.84. The summed E-state index contributed by atoms with van der Waals surface area (Å²) in [7, 11) is 3.16. The number of carbonyl (C=O) groups excluding carboxylic acids is 2. The number of ether oxygens (including phenoxy) is 2. The van der Waals surface area contributed by atoms with Gasteiger partial charge in [-0.3, -0.25) is 9.69 Å². The largest absolute Gasteiger partial charge is 0.497 e. The Kier molecular flexibility index (Phi) is 5.94. The molecule has 0 aromatic heterocycles. The molecule has 32 heavy (non-hydrogen) atoms. The average molecular weight is 428 g/mol. The van der Waals surface area contributed by atoms with Crippen molar-refractivity contribution in [1.82, 2.24) is 10.2 Å². The molecule has 1 aliphatic heterocycles. The average Bonchev–Trinajstić information content (AvgIpc) is 3.10. The van der Waals surface area contributed by atoms with E-state index in [0.29, 0.717) is 22.6 Å². The van der Waals surface area contributed by atoms with Crippen LogP contribution in [0.4, 0.5) is 4.79 Å². The SMILES string of the molecule is COc1ccc(C2(c3ccc(OC)cc3)NC(=O)N(CC=Cc3ccccc3)C2=O)cc1. The first-order valence-electron chi connectivity index (χ1n) is 10.2. The molecule has 0 atom stereocenters. The Morgan fingerprint density at radius 3 is 1.84 bits per heavy atom. The second kappa shape index (κ2) is 8.98. The third-order valence-corrected chi connectivity index (χ3v) is 5.55. The molecule has 1 fully saturated rings. The quantitative estimate of drug-likeness (QED) is 0.573. The molecule has 0 radical (unpaired) electrons. The highest BCUT2D eigenvalue weighted by molar-refractivity contribution is 6.09. The molecule has 1 heterocycles. The van der Waals surface area contributed by atoms with Gasteiger partial charge in [0.1, 0.15) is 11.5 Å². The summed E-state index contributed by atoms with van der Waals surface area (Å²) >= 11 is 0. The van der Waals surface area contributed by atoms with Crippen molar-refractivity contribution in [2.45, 2.75) is 5.54 Å². The summed E-state index contributed by atoms with van der Waals surface area (Å²) < 4.78 is 10.5. The van der Waals surface area contributed by atoms with Gasteiger partial charge < -0.3 is 14.8 Å². The predicted molar refractivity (Wildman–Crippen MR) is 122 cm³/mol. The summed E-state index contributed by atoms with van der Waals surface area (Å²) in [6, 6.07) is 23.6. The maximum Gasteiger partial charge on any atom is 0.325 e. The number of nitrogens with zero attached hydrogens (tertiary/aromatic N) is 1. The zero-order chi connectivity index (χ0) is 22.6. The molecule has 1 N–H and O–H groups in total. The minimum Gasteiger partial charge on any atom is -0.497 e. The van der Waals surface area contributed by atoms with Gasteiger partial charge in [0.15, 0.2) is 5.54 Å². The molecule has 0 bridgehead atoms. The molecule has 0 spiro atoms. The van der Waals surface area contributed by atoms with Crippen LogP contribution in [0, 0.1) is 0 Å². The number of amides is 3. The lowest BCUT2D eigenvalue weighted by atomic mass is 9.82. The van der Waals surface area contributed by atoms with Gasteiger partial charge in [-0.05, 0) is 41.0 Å². The molecule has 1 saturated heterocycles. The molecule has 6 heteroatoms. The second-order valence-electron chi connectivity index (χ2n) is 7.37. The zero-order valence-corrected chi connectivity index (χ0v) is 17.9. The number of benzene rings is 3. The number of methoxy groups -OCH3 is 2. The lowest BCUT2D eigenvalue weighted by Gasteiger charge is -2.28. The Labute approximate surface area is 187 Å². The van der Waals surface area contributed by atoms with Crippen molar-refractivity contribution >= 4 is 18.0 Å². The van der Waals surface area contributed by atoms with Crippen LogP contribution >= 0.6 is 0 Å². The van der Waals surface area contributed by atoms with Crippen LogP contribution < -0.4 is 14.8 Å². The molecular weight excluding hydrogens is 404 g/mol. The van der Waals surface area contributed by atoms with E-state index in [1.54, 1.807) is 62.8 Å². The lowest BCUT2D eigenvalue weighted by molar-refractivity contribution is -0.129. The molecule has 0 aliphatic carbocycles. The maximum atomic E-state index is 13.7. The van der Waals surface area contributed by atoms with Crippen LogP contribution in [0.1, 0.15) is 16.7 Å². The Balaban J connectivity index is 1.71. The molecule has 1 aliphatic rings. The summed E-state index contributed by atoms with van der Waals surface area (Å²) in [6.07, 6.45) is 3.70. The summed E-state index contributed by atoms with van der Waals surface area (Å²) in [4.78, 5) is 27.9. The maximum absolute atomic E-state index is 13.7. The first-order valence-corrected chi connectivity index (χ1v) is 10.2. The highest BCUT2D eigenvalue weighted by Gasteiger charge is 2.53. The fourth-order valence-electron chi connectivity index (χ4n) is 3.84. The van der Waals surface area contributed by atoms with Crippen LogP contribution in [0.25, 0.3) is 6.08 Å². The smallest absolute Gasteiger partial charge is 0.325 e. The lowest BCUT2D eigenvalue weighted by Crippen LogP contribution is -2.45. The van der Waals surface area contributed by atoms with E-state index in [1.807, 2.05) is 42.5 Å². The van der Waals surface area contributed by atoms with E-state index in [9.17, 15) is 9.59 Å². The van der Waals surface area contributed by atoms with E-state index in [-0.39, 0.29) is 12.5 Å². The Bertz CT molecular complexity index is 1080. The van der Waals surface area contributed by atoms with Crippen molar-refractivity contribution < 1.29 is 19.1 Å². The standard InChI is InChI=1S/C26H24N2O4/c1-31-22-14-10-20(11-15-22)26(21-12-16-23(32-2)17-13-21)24(29)28(25(30)27-26)18-6-9-19-7-4-3-5-8-19/h3-17H,18H2,1-2H3,(H,27,30). The van der Waals surface area contributed by atoms with Crippen LogP contribution in [-0.4, -0.2) is 37.6 Å². The van der Waals surface area contributed by atoms with Crippen LogP contribution in [0.5, 0.6) is 11.5 Å². The molecule has 0 saturated carbocycles. The first-order chi connectivity index (χ1) is 15.6. The van der Waals surface area contributed by atoms with E-state index in [1.165, 1.54) is 4.90 Å². The van der Waals surface area contributed by atoms with Crippen LogP contribution in [0.15, 0.2) is 84.9 Å². The van der Waals surface area contributed by atoms with E-state index < -0.39 is 11.6 Å². The molecule has 3 aromatic rings. The molecule has 0 unspecified atom stereocenters. The number of carbonyl (C=O) groups is 2. The number of imide groups is 1. The van der Waals surface area contributed by atoms with Crippen molar-refractivity contribution in [2.24, 2.45) is 0 Å². The third-order valence-electron chi connectivity index (χ3n) is 5.55. The predicted octanol–water partition coefficient (Wildman–Crippen LogP) is 4.21. The molecule has 3 amide bonds. The minimum atomic E-state index is -1.34. The van der Waals surface area contributed by atoms with Crippen LogP contribution in [0.2, 0.25) is 0 Å². The monoisotopic (exact) mass is 428 g/mol. The van der Waals surface area contributed by atoms with Gasteiger partial charge in [0.25, 0.3) is 5.91 Å². The van der Waals surface area contributed by atoms with Crippen molar-refractivity contribution in [1.29, 1.82) is 0 Å². The summed E-state index contributed by atoms with van der Waals surface area (Å²) in [5.74, 6) is 0.992. The number of urea groups is 1. The van der Waals surface area contributed by atoms with Crippen molar-refractivity contribution in [3.63, 3.8) is 0 Å². The molecular formula is C26H24N2O4. The molecule has 3 aromatic carbocycles. The number of hydrogen-bond donors (Lipinski definition) is 1. The van der Waals surface area contributed by atoms with E-state index in [4.69, 9.17) is 9.47 Å². The third kappa shape index (κ3) is 3.83. The summed E-state index contributed by atoms with van der Waals surface area (Å²) in [5, 5.41) is 2.95. The number of hydrogen-bond acceptors (Lipinski definition) is 4. The van der Waals surface area contributed by atoms with Gasteiger partial charge >= 0.3 is 6.03 Å². The fraction of sp³-hybridized carbons (Fsp3) is 0.154. The van der Waals surface area contributed by atoms with Crippen molar-refractivity contribution in [3.05, 3.63) is 102 Å². The summed E-state index contributed by atoms with van der Waals surface area (Å²) in [5.41, 5.74) is 0.958. The van der Waals surface area contributed by atoms with Gasteiger partial charge in [-0.1, -0.05) is 66.7 Å². The highest BCUT2D eigenvalue weighted by atomic mass is 16.5. The van der Waals surface area contributed by atoms with Gasteiger partial charge in [-0.2, -0.15) is 0 Å². The van der Waals surface area contributed by atoms with Gasteiger partial charge in [0, 0.05) is 6.54 Å². The Morgan fingerprint density at radius 1 is 0.812 bits per heavy atom. The first kappa shape index (κ1) is 21.2. The molecule has 6 nitrogen and oxygen atoms in total. The number of rotatable bonds is 7. The summed E-state index contributed by atoms with van der Waals surface area (Å²) in [6.45, 7) is 0.160. The van der Waals surface area contributed by atoms with Crippen LogP contribution in [0.3, 0.4) is 0 Å². The second-order valence-corrected chi connectivity index (χ2v) is 7.37. The topological polar surface area (TPSA) is 67.9 Å². The van der Waals surface area contributed by atoms with E-state index in [0.717, 1.165) is 5.56 Å². The van der Waals surface area contributed by atoms with Crippen molar-refractivity contribution in [2.75, 3.05) is 20.8 Å². The van der Waals surface area contributed by atoms with Gasteiger partial charge in [-0.25, -0.2) is 4.79 Å². The zero-order valence-electron chi connectivity index (χ0n) is 17.9. The Morgan fingerprint density at radius 2 is 1.34 bits per heavy atom. The van der Waals surface area contributed by atoms with E-state index >= 15 is 0 Å². The van der Waals surface area contributed by atoms with Gasteiger partial charge in [0.2, 0.25) is 0 Å². The van der Waals surface area contributed by atoms with Crippen LogP contribution in [-0.2, 0) is 10.3 Å². The minimum absolute atomic E-state index is 0.160.